The molecule has 0 fully saturated rings. The Hall–Kier alpha value is -2.69. The lowest BCUT2D eigenvalue weighted by molar-refractivity contribution is 0.398. The van der Waals surface area contributed by atoms with Crippen LogP contribution in [0.15, 0.2) is 48.8 Å². The van der Waals surface area contributed by atoms with E-state index >= 15 is 0 Å². The average molecular weight is 269 g/mol. The summed E-state index contributed by atoms with van der Waals surface area (Å²) in [7, 11) is 1.56. The molecule has 1 N–H and O–H groups in total. The van der Waals surface area contributed by atoms with Gasteiger partial charge in [0.1, 0.15) is 5.82 Å². The van der Waals surface area contributed by atoms with Gasteiger partial charge in [-0.25, -0.2) is 4.39 Å². The number of hydrogen-bond donors (Lipinski definition) is 1. The lowest BCUT2D eigenvalue weighted by Gasteiger charge is -2.05. The minimum Gasteiger partial charge on any atom is -0.479 e. The van der Waals surface area contributed by atoms with Crippen LogP contribution in [0.4, 0.5) is 4.39 Å². The zero-order valence-electron chi connectivity index (χ0n) is 10.8. The third-order valence-electron chi connectivity index (χ3n) is 3.03. The van der Waals surface area contributed by atoms with Gasteiger partial charge in [0.25, 0.3) is 0 Å². The predicted molar refractivity (Wildman–Crippen MR) is 73.8 cm³/mol. The van der Waals surface area contributed by atoms with Crippen LogP contribution in [0, 0.1) is 5.82 Å². The quantitative estimate of drug-likeness (QED) is 0.793. The topological polar surface area (TPSA) is 50.8 Å². The van der Waals surface area contributed by atoms with Gasteiger partial charge < -0.3 is 4.74 Å². The summed E-state index contributed by atoms with van der Waals surface area (Å²) in [6, 6.07) is 9.98. The Morgan fingerprint density at radius 1 is 1.00 bits per heavy atom. The highest BCUT2D eigenvalue weighted by Gasteiger charge is 2.17. The zero-order valence-corrected chi connectivity index (χ0v) is 10.8. The fraction of sp³-hybridized carbons (Fsp3) is 0.0667. The summed E-state index contributed by atoms with van der Waals surface area (Å²) in [5, 5.41) is 7.09. The Morgan fingerprint density at radius 3 is 2.35 bits per heavy atom. The Morgan fingerprint density at radius 2 is 1.70 bits per heavy atom. The average Bonchev–Trinajstić information content (AvgIpc) is 2.93. The van der Waals surface area contributed by atoms with Crippen LogP contribution in [-0.2, 0) is 0 Å². The fourth-order valence-electron chi connectivity index (χ4n) is 2.08. The van der Waals surface area contributed by atoms with Gasteiger partial charge in [-0.15, -0.1) is 5.10 Å². The number of aromatic nitrogens is 3. The number of benzene rings is 1. The van der Waals surface area contributed by atoms with E-state index < -0.39 is 0 Å². The van der Waals surface area contributed by atoms with Crippen molar-refractivity contribution in [3.8, 4) is 28.3 Å². The molecule has 0 aliphatic carbocycles. The monoisotopic (exact) mass is 269 g/mol. The first kappa shape index (κ1) is 12.3. The number of halogens is 1. The van der Waals surface area contributed by atoms with Crippen molar-refractivity contribution in [1.82, 2.24) is 15.2 Å². The maximum atomic E-state index is 13.0. The van der Waals surface area contributed by atoms with Gasteiger partial charge in [0.05, 0.1) is 18.4 Å². The fourth-order valence-corrected chi connectivity index (χ4v) is 2.08. The van der Waals surface area contributed by atoms with Gasteiger partial charge in [-0.05, 0) is 42.0 Å². The van der Waals surface area contributed by atoms with E-state index in [9.17, 15) is 4.39 Å². The van der Waals surface area contributed by atoms with Gasteiger partial charge in [-0.3, -0.25) is 10.1 Å². The summed E-state index contributed by atoms with van der Waals surface area (Å²) in [6.07, 6.45) is 3.41. The molecule has 3 rings (SSSR count). The summed E-state index contributed by atoms with van der Waals surface area (Å²) < 4.78 is 18.3. The lowest BCUT2D eigenvalue weighted by atomic mass is 10.0. The van der Waals surface area contributed by atoms with Gasteiger partial charge >= 0.3 is 0 Å². The third kappa shape index (κ3) is 2.14. The Bertz CT molecular complexity index is 708. The van der Waals surface area contributed by atoms with Crippen molar-refractivity contribution in [2.75, 3.05) is 7.11 Å². The van der Waals surface area contributed by atoms with Crippen LogP contribution in [0.5, 0.6) is 5.88 Å². The highest BCUT2D eigenvalue weighted by molar-refractivity contribution is 5.84. The normalized spacial score (nSPS) is 10.5. The smallest absolute Gasteiger partial charge is 0.240 e. The van der Waals surface area contributed by atoms with Gasteiger partial charge in [0.2, 0.25) is 5.88 Å². The van der Waals surface area contributed by atoms with Crippen LogP contribution >= 0.6 is 0 Å². The molecule has 0 saturated heterocycles. The highest BCUT2D eigenvalue weighted by atomic mass is 19.1. The van der Waals surface area contributed by atoms with Crippen molar-refractivity contribution in [2.45, 2.75) is 0 Å². The maximum Gasteiger partial charge on any atom is 0.240 e. The van der Waals surface area contributed by atoms with Gasteiger partial charge in [0.15, 0.2) is 0 Å². The Kier molecular flexibility index (Phi) is 3.16. The van der Waals surface area contributed by atoms with Crippen molar-refractivity contribution in [3.05, 3.63) is 54.6 Å². The number of nitrogens with zero attached hydrogens (tertiary/aromatic N) is 2. The van der Waals surface area contributed by atoms with E-state index in [0.717, 1.165) is 22.4 Å². The molecule has 3 aromatic rings. The first-order valence-corrected chi connectivity index (χ1v) is 6.08. The molecule has 0 spiro atoms. The molecule has 0 bridgehead atoms. The minimum atomic E-state index is -0.273. The van der Waals surface area contributed by atoms with Crippen LogP contribution in [0.1, 0.15) is 0 Å². The summed E-state index contributed by atoms with van der Waals surface area (Å²) in [6.45, 7) is 0. The van der Waals surface area contributed by atoms with Crippen molar-refractivity contribution >= 4 is 0 Å². The second-order valence-electron chi connectivity index (χ2n) is 4.23. The number of hydrogen-bond acceptors (Lipinski definition) is 3. The second-order valence-corrected chi connectivity index (χ2v) is 4.23. The van der Waals surface area contributed by atoms with E-state index in [1.165, 1.54) is 12.1 Å². The SMILES string of the molecule is COc1n[nH]c(-c2ccc(F)cc2)c1-c1ccncc1. The summed E-state index contributed by atoms with van der Waals surface area (Å²) in [5.41, 5.74) is 3.40. The van der Waals surface area contributed by atoms with Crippen LogP contribution in [0.2, 0.25) is 0 Å². The van der Waals surface area contributed by atoms with Crippen molar-refractivity contribution in [3.63, 3.8) is 0 Å². The van der Waals surface area contributed by atoms with E-state index in [1.807, 2.05) is 12.1 Å². The molecule has 0 aliphatic rings. The number of pyridine rings is 1. The van der Waals surface area contributed by atoms with Crippen LogP contribution in [-0.4, -0.2) is 22.3 Å². The van der Waals surface area contributed by atoms with E-state index in [-0.39, 0.29) is 5.82 Å². The van der Waals surface area contributed by atoms with Crippen molar-refractivity contribution in [2.24, 2.45) is 0 Å². The molecule has 0 radical (unpaired) electrons. The van der Waals surface area contributed by atoms with Crippen molar-refractivity contribution < 1.29 is 9.13 Å². The predicted octanol–water partition coefficient (Wildman–Crippen LogP) is 3.29. The molecule has 4 nitrogen and oxygen atoms in total. The first-order valence-electron chi connectivity index (χ1n) is 6.08. The number of H-pyrrole nitrogens is 1. The van der Waals surface area contributed by atoms with Crippen LogP contribution in [0.3, 0.4) is 0 Å². The molecular weight excluding hydrogens is 257 g/mol. The molecule has 2 aromatic heterocycles. The summed E-state index contributed by atoms with van der Waals surface area (Å²) in [4.78, 5) is 4.00. The molecule has 20 heavy (non-hydrogen) atoms. The standard InChI is InChI=1S/C15H12FN3O/c1-20-15-13(10-6-8-17-9-7-10)14(18-19-15)11-2-4-12(16)5-3-11/h2-9H,1H3,(H,18,19). The zero-order chi connectivity index (χ0) is 13.9. The van der Waals surface area contributed by atoms with Crippen LogP contribution in [0.25, 0.3) is 22.4 Å². The lowest BCUT2D eigenvalue weighted by Crippen LogP contribution is -1.87. The second kappa shape index (κ2) is 5.13. The number of rotatable bonds is 3. The van der Waals surface area contributed by atoms with Crippen LogP contribution < -0.4 is 4.74 Å². The van der Waals surface area contributed by atoms with E-state index in [4.69, 9.17) is 4.74 Å². The van der Waals surface area contributed by atoms with Gasteiger partial charge in [-0.2, -0.15) is 0 Å². The number of aromatic amines is 1. The van der Waals surface area contributed by atoms with Gasteiger partial charge in [0, 0.05) is 18.0 Å². The number of methoxy groups -OCH3 is 1. The third-order valence-corrected chi connectivity index (χ3v) is 3.03. The number of ether oxygens (including phenoxy) is 1. The molecule has 100 valence electrons. The highest BCUT2D eigenvalue weighted by Crippen LogP contribution is 2.36. The molecule has 1 aromatic carbocycles. The van der Waals surface area contributed by atoms with E-state index in [0.29, 0.717) is 5.88 Å². The van der Waals surface area contributed by atoms with E-state index in [1.54, 1.807) is 31.6 Å². The molecule has 0 saturated carbocycles. The molecule has 2 heterocycles. The Labute approximate surface area is 115 Å². The number of nitrogens with one attached hydrogen (secondary N) is 1. The summed E-state index contributed by atoms with van der Waals surface area (Å²) >= 11 is 0. The molecule has 0 atom stereocenters. The summed E-state index contributed by atoms with van der Waals surface area (Å²) in [5.74, 6) is 0.223. The largest absolute Gasteiger partial charge is 0.479 e. The molecule has 0 amide bonds. The molecule has 5 heteroatoms. The maximum absolute atomic E-state index is 13.0. The molecular formula is C15H12FN3O. The molecule has 0 aliphatic heterocycles. The first-order chi connectivity index (χ1) is 9.79. The van der Waals surface area contributed by atoms with Crippen molar-refractivity contribution in [1.29, 1.82) is 0 Å². The van der Waals surface area contributed by atoms with E-state index in [2.05, 4.69) is 15.2 Å². The Balaban J connectivity index is 2.17. The molecule has 0 unspecified atom stereocenters. The van der Waals surface area contributed by atoms with Gasteiger partial charge in [-0.1, -0.05) is 0 Å². The minimum absolute atomic E-state index is 0.273.